The van der Waals surface area contributed by atoms with Gasteiger partial charge in [0, 0.05) is 3.57 Å². The van der Waals surface area contributed by atoms with Crippen LogP contribution in [-0.2, 0) is 10.3 Å². The maximum Gasteiger partial charge on any atom is 0.259 e. The SMILES string of the molecule is CC(C)OCC(C)(N)c1noc(-c2ccccc2I)n1. The van der Waals surface area contributed by atoms with Crippen LogP contribution in [0.4, 0.5) is 0 Å². The lowest BCUT2D eigenvalue weighted by atomic mass is 10.1. The lowest BCUT2D eigenvalue weighted by Crippen LogP contribution is -2.40. The third-order valence-corrected chi connectivity index (χ3v) is 3.70. The summed E-state index contributed by atoms with van der Waals surface area (Å²) in [7, 11) is 0. The zero-order chi connectivity index (χ0) is 14.8. The molecule has 0 saturated heterocycles. The van der Waals surface area contributed by atoms with Gasteiger partial charge < -0.3 is 15.0 Å². The molecule has 0 bridgehead atoms. The number of benzene rings is 1. The number of nitrogens with two attached hydrogens (primary N) is 1. The van der Waals surface area contributed by atoms with E-state index in [4.69, 9.17) is 15.0 Å². The quantitative estimate of drug-likeness (QED) is 0.799. The van der Waals surface area contributed by atoms with Crippen molar-refractivity contribution in [1.29, 1.82) is 0 Å². The van der Waals surface area contributed by atoms with Crippen molar-refractivity contribution in [2.75, 3.05) is 6.61 Å². The summed E-state index contributed by atoms with van der Waals surface area (Å²) >= 11 is 2.24. The Morgan fingerprint density at radius 3 is 2.75 bits per heavy atom. The van der Waals surface area contributed by atoms with Crippen molar-refractivity contribution >= 4 is 22.6 Å². The van der Waals surface area contributed by atoms with Crippen molar-refractivity contribution < 1.29 is 9.26 Å². The van der Waals surface area contributed by atoms with E-state index in [1.807, 2.05) is 45.0 Å². The van der Waals surface area contributed by atoms with E-state index in [1.165, 1.54) is 0 Å². The maximum atomic E-state index is 6.20. The van der Waals surface area contributed by atoms with E-state index < -0.39 is 5.54 Å². The zero-order valence-corrected chi connectivity index (χ0v) is 13.9. The van der Waals surface area contributed by atoms with E-state index in [2.05, 4.69) is 32.7 Å². The summed E-state index contributed by atoms with van der Waals surface area (Å²) < 4.78 is 11.9. The van der Waals surface area contributed by atoms with E-state index >= 15 is 0 Å². The molecular weight excluding hydrogens is 369 g/mol. The van der Waals surface area contributed by atoms with Crippen molar-refractivity contribution in [3.8, 4) is 11.5 Å². The minimum atomic E-state index is -0.772. The van der Waals surface area contributed by atoms with E-state index in [-0.39, 0.29) is 6.10 Å². The molecule has 0 saturated carbocycles. The Bertz CT molecular complexity index is 581. The van der Waals surface area contributed by atoms with Gasteiger partial charge >= 0.3 is 0 Å². The molecule has 2 rings (SSSR count). The van der Waals surface area contributed by atoms with Crippen LogP contribution < -0.4 is 5.73 Å². The van der Waals surface area contributed by atoms with Gasteiger partial charge in [0.15, 0.2) is 5.82 Å². The molecule has 2 N–H and O–H groups in total. The second kappa shape index (κ2) is 6.19. The molecule has 6 heteroatoms. The lowest BCUT2D eigenvalue weighted by Gasteiger charge is -2.21. The van der Waals surface area contributed by atoms with Gasteiger partial charge in [-0.2, -0.15) is 4.98 Å². The van der Waals surface area contributed by atoms with Crippen LogP contribution in [0.1, 0.15) is 26.6 Å². The van der Waals surface area contributed by atoms with Gasteiger partial charge in [0.1, 0.15) is 5.54 Å². The molecule has 0 spiro atoms. The number of rotatable bonds is 5. The summed E-state index contributed by atoms with van der Waals surface area (Å²) in [4.78, 5) is 4.40. The Hall–Kier alpha value is -0.990. The molecule has 0 radical (unpaired) electrons. The fraction of sp³-hybridized carbons (Fsp3) is 0.429. The molecule has 5 nitrogen and oxygen atoms in total. The first-order valence-corrected chi connectivity index (χ1v) is 7.47. The monoisotopic (exact) mass is 387 g/mol. The molecule has 108 valence electrons. The molecule has 1 heterocycles. The zero-order valence-electron chi connectivity index (χ0n) is 11.8. The van der Waals surface area contributed by atoms with Crippen molar-refractivity contribution in [2.24, 2.45) is 5.73 Å². The van der Waals surface area contributed by atoms with Gasteiger partial charge in [0.25, 0.3) is 5.89 Å². The highest BCUT2D eigenvalue weighted by molar-refractivity contribution is 14.1. The van der Waals surface area contributed by atoms with E-state index in [0.29, 0.717) is 18.3 Å². The number of aromatic nitrogens is 2. The van der Waals surface area contributed by atoms with Crippen molar-refractivity contribution in [1.82, 2.24) is 10.1 Å². The molecular formula is C14H18IN3O2. The van der Waals surface area contributed by atoms with Crippen LogP contribution in [0.2, 0.25) is 0 Å². The van der Waals surface area contributed by atoms with Crippen LogP contribution in [0.25, 0.3) is 11.5 Å². The third-order valence-electron chi connectivity index (χ3n) is 2.76. The molecule has 1 aromatic carbocycles. The molecule has 1 unspecified atom stereocenters. The van der Waals surface area contributed by atoms with Crippen molar-refractivity contribution in [3.05, 3.63) is 33.7 Å². The summed E-state index contributed by atoms with van der Waals surface area (Å²) in [5, 5.41) is 3.99. The van der Waals surface area contributed by atoms with Gasteiger partial charge in [-0.05, 0) is 55.5 Å². The van der Waals surface area contributed by atoms with E-state index in [0.717, 1.165) is 9.13 Å². The average molecular weight is 387 g/mol. The number of halogens is 1. The highest BCUT2D eigenvalue weighted by Crippen LogP contribution is 2.25. The second-order valence-corrected chi connectivity index (χ2v) is 6.34. The van der Waals surface area contributed by atoms with Gasteiger partial charge in [-0.15, -0.1) is 0 Å². The smallest absolute Gasteiger partial charge is 0.259 e. The first kappa shape index (κ1) is 15.4. The molecule has 0 amide bonds. The predicted molar refractivity (Wildman–Crippen MR) is 85.1 cm³/mol. The Balaban J connectivity index is 2.22. The summed E-state index contributed by atoms with van der Waals surface area (Å²) in [5.41, 5.74) is 6.34. The highest BCUT2D eigenvalue weighted by Gasteiger charge is 2.28. The highest BCUT2D eigenvalue weighted by atomic mass is 127. The number of nitrogens with zero attached hydrogens (tertiary/aromatic N) is 2. The number of hydrogen-bond donors (Lipinski definition) is 1. The van der Waals surface area contributed by atoms with E-state index in [9.17, 15) is 0 Å². The standard InChI is InChI=1S/C14H18IN3O2/c1-9(2)19-8-14(3,16)13-17-12(20-18-13)10-6-4-5-7-11(10)15/h4-7,9H,8,16H2,1-3H3. The minimum absolute atomic E-state index is 0.110. The third kappa shape index (κ3) is 3.56. The van der Waals surface area contributed by atoms with Gasteiger partial charge in [0.05, 0.1) is 18.3 Å². The first-order chi connectivity index (χ1) is 9.40. The maximum absolute atomic E-state index is 6.20. The molecule has 0 aliphatic rings. The number of ether oxygens (including phenoxy) is 1. The van der Waals surface area contributed by atoms with Crippen LogP contribution in [0.5, 0.6) is 0 Å². The second-order valence-electron chi connectivity index (χ2n) is 5.18. The summed E-state index contributed by atoms with van der Waals surface area (Å²) in [5.74, 6) is 0.930. The summed E-state index contributed by atoms with van der Waals surface area (Å²) in [6.07, 6.45) is 0.110. The van der Waals surface area contributed by atoms with Gasteiger partial charge in [-0.1, -0.05) is 17.3 Å². The van der Waals surface area contributed by atoms with Crippen LogP contribution in [-0.4, -0.2) is 22.9 Å². The van der Waals surface area contributed by atoms with Gasteiger partial charge in [-0.3, -0.25) is 0 Å². The van der Waals surface area contributed by atoms with Crippen molar-refractivity contribution in [2.45, 2.75) is 32.4 Å². The Morgan fingerprint density at radius 2 is 2.10 bits per heavy atom. The molecule has 1 atom stereocenters. The van der Waals surface area contributed by atoms with Crippen LogP contribution in [0.15, 0.2) is 28.8 Å². The molecule has 0 aliphatic heterocycles. The molecule has 2 aromatic rings. The van der Waals surface area contributed by atoms with Crippen LogP contribution in [0, 0.1) is 3.57 Å². The topological polar surface area (TPSA) is 74.2 Å². The molecule has 1 aromatic heterocycles. The fourth-order valence-corrected chi connectivity index (χ4v) is 2.22. The number of hydrogen-bond acceptors (Lipinski definition) is 5. The van der Waals surface area contributed by atoms with Crippen molar-refractivity contribution in [3.63, 3.8) is 0 Å². The van der Waals surface area contributed by atoms with E-state index in [1.54, 1.807) is 0 Å². The molecule has 20 heavy (non-hydrogen) atoms. The Kier molecular flexibility index (Phi) is 4.77. The largest absolute Gasteiger partial charge is 0.376 e. The first-order valence-electron chi connectivity index (χ1n) is 6.40. The normalized spacial score (nSPS) is 14.5. The average Bonchev–Trinajstić information content (AvgIpc) is 2.87. The fourth-order valence-electron chi connectivity index (χ4n) is 1.60. The Morgan fingerprint density at radius 1 is 1.40 bits per heavy atom. The predicted octanol–water partition coefficient (Wildman–Crippen LogP) is 2.94. The summed E-state index contributed by atoms with van der Waals surface area (Å²) in [6.45, 7) is 6.10. The molecule has 0 fully saturated rings. The van der Waals surface area contributed by atoms with Gasteiger partial charge in [0.2, 0.25) is 0 Å². The van der Waals surface area contributed by atoms with Crippen LogP contribution >= 0.6 is 22.6 Å². The van der Waals surface area contributed by atoms with Crippen LogP contribution in [0.3, 0.4) is 0 Å². The lowest BCUT2D eigenvalue weighted by molar-refractivity contribution is 0.0410. The minimum Gasteiger partial charge on any atom is -0.376 e. The molecule has 0 aliphatic carbocycles. The Labute approximate surface area is 132 Å². The van der Waals surface area contributed by atoms with Gasteiger partial charge in [-0.25, -0.2) is 0 Å². The summed E-state index contributed by atoms with van der Waals surface area (Å²) in [6, 6.07) is 7.83.